The minimum atomic E-state index is -3.60. The van der Waals surface area contributed by atoms with Crippen molar-refractivity contribution in [1.29, 1.82) is 0 Å². The Kier molecular flexibility index (Phi) is 3.73. The van der Waals surface area contributed by atoms with Crippen molar-refractivity contribution < 1.29 is 8.42 Å². The molecule has 2 heterocycles. The highest BCUT2D eigenvalue weighted by atomic mass is 79.9. The molecular weight excluding hydrogens is 372 g/mol. The Bertz CT molecular complexity index is 895. The molecule has 3 rings (SSSR count). The number of halogens is 1. The van der Waals surface area contributed by atoms with Crippen LogP contribution in [0.4, 0.5) is 5.69 Å². The summed E-state index contributed by atoms with van der Waals surface area (Å²) < 4.78 is 28.7. The highest BCUT2D eigenvalue weighted by molar-refractivity contribution is 9.11. The van der Waals surface area contributed by atoms with Gasteiger partial charge in [-0.2, -0.15) is 0 Å². The molecule has 0 unspecified atom stereocenters. The topological polar surface area (TPSA) is 59.1 Å². The van der Waals surface area contributed by atoms with Crippen molar-refractivity contribution in [2.24, 2.45) is 0 Å². The lowest BCUT2D eigenvalue weighted by Crippen LogP contribution is -2.11. The maximum atomic E-state index is 12.5. The zero-order valence-corrected chi connectivity index (χ0v) is 14.2. The van der Waals surface area contributed by atoms with E-state index in [1.807, 2.05) is 19.1 Å². The molecule has 21 heavy (non-hydrogen) atoms. The van der Waals surface area contributed by atoms with E-state index in [9.17, 15) is 8.42 Å². The Morgan fingerprint density at radius 1 is 1.24 bits per heavy atom. The molecule has 108 valence electrons. The molecule has 1 N–H and O–H groups in total. The second-order valence-corrected chi connectivity index (χ2v) is 8.78. The number of thiophene rings is 1. The van der Waals surface area contributed by atoms with Crippen molar-refractivity contribution >= 4 is 53.9 Å². The Morgan fingerprint density at radius 3 is 2.76 bits per heavy atom. The summed E-state index contributed by atoms with van der Waals surface area (Å²) in [6.07, 6.45) is 1.68. The van der Waals surface area contributed by atoms with E-state index < -0.39 is 10.0 Å². The molecule has 0 spiro atoms. The van der Waals surface area contributed by atoms with Gasteiger partial charge >= 0.3 is 0 Å². The van der Waals surface area contributed by atoms with Gasteiger partial charge in [0.25, 0.3) is 10.0 Å². The molecule has 3 aromatic rings. The third-order valence-corrected chi connectivity index (χ3v) is 6.97. The average Bonchev–Trinajstić information content (AvgIpc) is 2.80. The van der Waals surface area contributed by atoms with Gasteiger partial charge < -0.3 is 0 Å². The molecule has 0 aliphatic rings. The van der Waals surface area contributed by atoms with Crippen LogP contribution < -0.4 is 4.72 Å². The van der Waals surface area contributed by atoms with Crippen LogP contribution in [0.3, 0.4) is 0 Å². The number of aryl methyl sites for hydroxylation is 1. The number of nitrogens with zero attached hydrogens (tertiary/aromatic N) is 1. The minimum Gasteiger partial charge on any atom is -0.278 e. The summed E-state index contributed by atoms with van der Waals surface area (Å²) >= 11 is 4.55. The van der Waals surface area contributed by atoms with Crippen LogP contribution in [-0.4, -0.2) is 13.4 Å². The smallest absolute Gasteiger partial charge is 0.271 e. The van der Waals surface area contributed by atoms with Gasteiger partial charge in [-0.1, -0.05) is 6.07 Å². The van der Waals surface area contributed by atoms with Crippen LogP contribution in [0, 0.1) is 6.92 Å². The Morgan fingerprint density at radius 2 is 2.05 bits per heavy atom. The number of hydrogen-bond donors (Lipinski definition) is 1. The number of nitrogens with one attached hydrogen (secondary N) is 1. The fraction of sp³-hybridized carbons (Fsp3) is 0.0714. The maximum Gasteiger partial charge on any atom is 0.271 e. The highest BCUT2D eigenvalue weighted by Gasteiger charge is 2.19. The molecule has 0 saturated heterocycles. The number of aromatic nitrogens is 1. The first kappa shape index (κ1) is 14.5. The first-order valence-electron chi connectivity index (χ1n) is 6.10. The minimum absolute atomic E-state index is 0.285. The van der Waals surface area contributed by atoms with Gasteiger partial charge in [-0.3, -0.25) is 9.71 Å². The molecule has 0 aliphatic heterocycles. The number of sulfonamides is 1. The predicted octanol–water partition coefficient (Wildman–Crippen LogP) is 4.17. The summed E-state index contributed by atoms with van der Waals surface area (Å²) in [4.78, 5) is 4.22. The lowest BCUT2D eigenvalue weighted by atomic mass is 10.2. The van der Waals surface area contributed by atoms with Gasteiger partial charge in [0.1, 0.15) is 4.21 Å². The summed E-state index contributed by atoms with van der Waals surface area (Å²) in [6, 6.07) is 10.6. The average molecular weight is 383 g/mol. The van der Waals surface area contributed by atoms with E-state index in [0.29, 0.717) is 5.69 Å². The highest BCUT2D eigenvalue weighted by Crippen LogP contribution is 2.32. The predicted molar refractivity (Wildman–Crippen MR) is 89.3 cm³/mol. The number of fused-ring (bicyclic) bond motifs is 1. The largest absolute Gasteiger partial charge is 0.278 e. The number of hydrogen-bond acceptors (Lipinski definition) is 4. The molecule has 0 aliphatic carbocycles. The molecular formula is C14H11BrN2O2S2. The molecule has 0 atom stereocenters. The second-order valence-electron chi connectivity index (χ2n) is 4.50. The van der Waals surface area contributed by atoms with E-state index in [1.165, 1.54) is 11.3 Å². The number of anilines is 1. The van der Waals surface area contributed by atoms with Crippen LogP contribution in [-0.2, 0) is 10.0 Å². The molecule has 2 aromatic heterocycles. The zero-order chi connectivity index (χ0) is 15.0. The van der Waals surface area contributed by atoms with Crippen molar-refractivity contribution in [2.75, 3.05) is 4.72 Å². The normalized spacial score (nSPS) is 11.7. The molecule has 7 heteroatoms. The zero-order valence-electron chi connectivity index (χ0n) is 11.0. The molecule has 0 bridgehead atoms. The van der Waals surface area contributed by atoms with Crippen LogP contribution in [0.2, 0.25) is 0 Å². The van der Waals surface area contributed by atoms with E-state index in [2.05, 4.69) is 25.6 Å². The Hall–Kier alpha value is -1.44. The SMILES string of the molecule is Cc1cc(S(=O)(=O)Nc2cccc3ncccc23)sc1Br. The van der Waals surface area contributed by atoms with Crippen LogP contribution in [0.15, 0.2) is 50.6 Å². The Balaban J connectivity index is 2.05. The van der Waals surface area contributed by atoms with Crippen LogP contribution in [0.25, 0.3) is 10.9 Å². The van der Waals surface area contributed by atoms with Crippen molar-refractivity contribution in [2.45, 2.75) is 11.1 Å². The molecule has 0 saturated carbocycles. The van der Waals surface area contributed by atoms with E-state index in [-0.39, 0.29) is 4.21 Å². The summed E-state index contributed by atoms with van der Waals surface area (Å²) in [5, 5.41) is 0.774. The van der Waals surface area contributed by atoms with Gasteiger partial charge in [-0.05, 0) is 58.7 Å². The fourth-order valence-electron chi connectivity index (χ4n) is 1.95. The van der Waals surface area contributed by atoms with E-state index in [4.69, 9.17) is 0 Å². The van der Waals surface area contributed by atoms with E-state index >= 15 is 0 Å². The first-order valence-corrected chi connectivity index (χ1v) is 9.19. The maximum absolute atomic E-state index is 12.5. The molecule has 0 fully saturated rings. The van der Waals surface area contributed by atoms with Gasteiger partial charge in [0.2, 0.25) is 0 Å². The first-order chi connectivity index (χ1) is 9.97. The Labute approximate surface area is 135 Å². The quantitative estimate of drug-likeness (QED) is 0.739. The van der Waals surface area contributed by atoms with Gasteiger partial charge in [0.05, 0.1) is 15.0 Å². The summed E-state index contributed by atoms with van der Waals surface area (Å²) in [6.45, 7) is 1.86. The number of benzene rings is 1. The lowest BCUT2D eigenvalue weighted by Gasteiger charge is -2.08. The molecule has 4 nitrogen and oxygen atoms in total. The third-order valence-electron chi connectivity index (χ3n) is 2.99. The second kappa shape index (κ2) is 5.40. The van der Waals surface area contributed by atoms with Crippen molar-refractivity contribution in [3.05, 3.63) is 51.9 Å². The van der Waals surface area contributed by atoms with E-state index in [0.717, 1.165) is 20.3 Å². The van der Waals surface area contributed by atoms with Gasteiger partial charge in [0, 0.05) is 11.6 Å². The monoisotopic (exact) mass is 382 g/mol. The summed E-state index contributed by atoms with van der Waals surface area (Å²) in [7, 11) is -3.60. The molecule has 1 aromatic carbocycles. The van der Waals surface area contributed by atoms with Crippen LogP contribution >= 0.6 is 27.3 Å². The fourth-order valence-corrected chi connectivity index (χ4v) is 5.26. The van der Waals surface area contributed by atoms with Crippen LogP contribution in [0.5, 0.6) is 0 Å². The standard InChI is InChI=1S/C14H11BrN2O2S2/c1-9-8-13(20-14(9)15)21(18,19)17-12-6-2-5-11-10(12)4-3-7-16-11/h2-8,17H,1H3. The van der Waals surface area contributed by atoms with Crippen molar-refractivity contribution in [1.82, 2.24) is 4.98 Å². The van der Waals surface area contributed by atoms with Gasteiger partial charge in [-0.25, -0.2) is 8.42 Å². The van der Waals surface area contributed by atoms with Gasteiger partial charge in [0.15, 0.2) is 0 Å². The van der Waals surface area contributed by atoms with Crippen molar-refractivity contribution in [3.8, 4) is 0 Å². The lowest BCUT2D eigenvalue weighted by molar-refractivity contribution is 0.603. The van der Waals surface area contributed by atoms with Gasteiger partial charge in [-0.15, -0.1) is 11.3 Å². The summed E-state index contributed by atoms with van der Waals surface area (Å²) in [5.74, 6) is 0. The third kappa shape index (κ3) is 2.81. The van der Waals surface area contributed by atoms with Crippen molar-refractivity contribution in [3.63, 3.8) is 0 Å². The van der Waals surface area contributed by atoms with Crippen LogP contribution in [0.1, 0.15) is 5.56 Å². The van der Waals surface area contributed by atoms with E-state index in [1.54, 1.807) is 30.5 Å². The molecule has 0 amide bonds. The number of rotatable bonds is 3. The summed E-state index contributed by atoms with van der Waals surface area (Å²) in [5.41, 5.74) is 2.18. The number of pyridine rings is 1. The molecule has 0 radical (unpaired) electrons.